The molecule has 0 saturated heterocycles. The Kier molecular flexibility index (Phi) is 4.44. The molecule has 2 rings (SSSR count). The van der Waals surface area contributed by atoms with E-state index in [1.807, 2.05) is 12.1 Å². The molecule has 0 spiro atoms. The predicted octanol–water partition coefficient (Wildman–Crippen LogP) is 2.85. The average Bonchev–Trinajstić information content (AvgIpc) is 2.77. The number of carbonyl (C=O) groups is 1. The predicted molar refractivity (Wildman–Crippen MR) is 83.6 cm³/mol. The van der Waals surface area contributed by atoms with E-state index < -0.39 is 5.91 Å². The highest BCUT2D eigenvalue weighted by molar-refractivity contribution is 9.11. The van der Waals surface area contributed by atoms with Crippen LogP contribution in [0.5, 0.6) is 0 Å². The third-order valence-corrected chi connectivity index (χ3v) is 4.33. The van der Waals surface area contributed by atoms with Crippen LogP contribution in [0.15, 0.2) is 34.1 Å². The molecular weight excluding hydrogens is 326 g/mol. The fourth-order valence-corrected chi connectivity index (χ4v) is 3.18. The van der Waals surface area contributed by atoms with Crippen molar-refractivity contribution < 1.29 is 4.79 Å². The van der Waals surface area contributed by atoms with Crippen LogP contribution in [0, 0.1) is 0 Å². The lowest BCUT2D eigenvalue weighted by molar-refractivity contribution is 0.100. The standard InChI is InChI=1S/C13H14BrN3OS/c14-12-4-2-9(19-12)5-6-17-8-1-3-11(15)10(7-8)13(16)18/h1-4,7,17H,5-6,15H2,(H2,16,18). The maximum atomic E-state index is 11.2. The molecule has 0 saturated carbocycles. The van der Waals surface area contributed by atoms with Gasteiger partial charge in [-0.25, -0.2) is 0 Å². The molecule has 0 atom stereocenters. The van der Waals surface area contributed by atoms with Gasteiger partial charge in [0.05, 0.1) is 9.35 Å². The minimum Gasteiger partial charge on any atom is -0.398 e. The Morgan fingerprint density at radius 3 is 2.74 bits per heavy atom. The second-order valence-corrected chi connectivity index (χ2v) is 6.60. The minimum absolute atomic E-state index is 0.351. The molecule has 5 N–H and O–H groups in total. The van der Waals surface area contributed by atoms with Gasteiger partial charge in [0.15, 0.2) is 0 Å². The number of primary amides is 1. The van der Waals surface area contributed by atoms with E-state index in [9.17, 15) is 4.79 Å². The summed E-state index contributed by atoms with van der Waals surface area (Å²) in [7, 11) is 0. The van der Waals surface area contributed by atoms with Crippen LogP contribution in [0.25, 0.3) is 0 Å². The molecule has 0 unspecified atom stereocenters. The average molecular weight is 340 g/mol. The Labute approximate surface area is 123 Å². The summed E-state index contributed by atoms with van der Waals surface area (Å²) in [6, 6.07) is 9.33. The first-order valence-electron chi connectivity index (χ1n) is 5.73. The van der Waals surface area contributed by atoms with E-state index in [1.54, 1.807) is 23.5 Å². The Morgan fingerprint density at radius 1 is 1.32 bits per heavy atom. The number of hydrogen-bond acceptors (Lipinski definition) is 4. The van der Waals surface area contributed by atoms with Gasteiger partial charge in [0.2, 0.25) is 0 Å². The number of rotatable bonds is 5. The number of nitrogens with two attached hydrogens (primary N) is 2. The van der Waals surface area contributed by atoms with Gasteiger partial charge in [-0.2, -0.15) is 0 Å². The molecule has 1 aromatic heterocycles. The van der Waals surface area contributed by atoms with Gasteiger partial charge in [-0.15, -0.1) is 11.3 Å². The molecule has 0 aliphatic rings. The van der Waals surface area contributed by atoms with Crippen LogP contribution in [0.3, 0.4) is 0 Å². The first-order chi connectivity index (χ1) is 9.06. The monoisotopic (exact) mass is 339 g/mol. The summed E-state index contributed by atoms with van der Waals surface area (Å²) in [5, 5.41) is 3.25. The maximum absolute atomic E-state index is 11.2. The molecule has 6 heteroatoms. The number of nitrogen functional groups attached to an aromatic ring is 1. The summed E-state index contributed by atoms with van der Waals surface area (Å²) >= 11 is 5.15. The summed E-state index contributed by atoms with van der Waals surface area (Å²) in [5.74, 6) is -0.511. The van der Waals surface area contributed by atoms with Crippen LogP contribution in [0.4, 0.5) is 11.4 Å². The highest BCUT2D eigenvalue weighted by atomic mass is 79.9. The molecule has 4 nitrogen and oxygen atoms in total. The molecule has 1 heterocycles. The van der Waals surface area contributed by atoms with Gasteiger partial charge in [0.1, 0.15) is 0 Å². The molecule has 2 aromatic rings. The smallest absolute Gasteiger partial charge is 0.250 e. The number of thiophene rings is 1. The van der Waals surface area contributed by atoms with Crippen LogP contribution < -0.4 is 16.8 Å². The summed E-state index contributed by atoms with van der Waals surface area (Å²) in [6.07, 6.45) is 0.923. The van der Waals surface area contributed by atoms with Crippen molar-refractivity contribution in [3.8, 4) is 0 Å². The highest BCUT2D eigenvalue weighted by Crippen LogP contribution is 2.22. The van der Waals surface area contributed by atoms with Gasteiger partial charge in [0, 0.05) is 22.8 Å². The van der Waals surface area contributed by atoms with Gasteiger partial charge in [0.25, 0.3) is 5.91 Å². The molecular formula is C13H14BrN3OS. The lowest BCUT2D eigenvalue weighted by atomic mass is 10.1. The molecule has 0 fully saturated rings. The van der Waals surface area contributed by atoms with Gasteiger partial charge < -0.3 is 16.8 Å². The number of nitrogens with one attached hydrogen (secondary N) is 1. The summed E-state index contributed by atoms with van der Waals surface area (Å²) in [5.41, 5.74) is 12.5. The summed E-state index contributed by atoms with van der Waals surface area (Å²) in [6.45, 7) is 0.787. The van der Waals surface area contributed by atoms with E-state index in [4.69, 9.17) is 11.5 Å². The quantitative estimate of drug-likeness (QED) is 0.732. The molecule has 0 bridgehead atoms. The third-order valence-electron chi connectivity index (χ3n) is 2.65. The first kappa shape index (κ1) is 13.9. The van der Waals surface area contributed by atoms with E-state index >= 15 is 0 Å². The van der Waals surface area contributed by atoms with Crippen molar-refractivity contribution in [2.75, 3.05) is 17.6 Å². The SMILES string of the molecule is NC(=O)c1cc(NCCc2ccc(Br)s2)ccc1N. The van der Waals surface area contributed by atoms with E-state index in [0.29, 0.717) is 11.3 Å². The number of benzene rings is 1. The van der Waals surface area contributed by atoms with Crippen LogP contribution in [-0.2, 0) is 6.42 Å². The van der Waals surface area contributed by atoms with Crippen molar-refractivity contribution in [2.45, 2.75) is 6.42 Å². The van der Waals surface area contributed by atoms with Crippen LogP contribution >= 0.6 is 27.3 Å². The molecule has 1 amide bonds. The molecule has 0 aliphatic heterocycles. The van der Waals surface area contributed by atoms with Crippen molar-refractivity contribution in [3.05, 3.63) is 44.6 Å². The van der Waals surface area contributed by atoms with Gasteiger partial charge in [-0.1, -0.05) is 0 Å². The Balaban J connectivity index is 1.96. The van der Waals surface area contributed by atoms with Gasteiger partial charge >= 0.3 is 0 Å². The third kappa shape index (κ3) is 3.71. The van der Waals surface area contributed by atoms with Crippen LogP contribution in [-0.4, -0.2) is 12.5 Å². The highest BCUT2D eigenvalue weighted by Gasteiger charge is 2.06. The Hall–Kier alpha value is -1.53. The van der Waals surface area contributed by atoms with E-state index in [2.05, 4.69) is 27.3 Å². The number of anilines is 2. The topological polar surface area (TPSA) is 81.1 Å². The lowest BCUT2D eigenvalue weighted by Gasteiger charge is -2.08. The van der Waals surface area contributed by atoms with E-state index in [-0.39, 0.29) is 0 Å². The number of carbonyl (C=O) groups excluding carboxylic acids is 1. The number of amides is 1. The molecule has 0 radical (unpaired) electrons. The zero-order chi connectivity index (χ0) is 13.8. The molecule has 100 valence electrons. The van der Waals surface area contributed by atoms with Crippen molar-refractivity contribution >= 4 is 44.5 Å². The second-order valence-electron chi connectivity index (χ2n) is 4.05. The first-order valence-corrected chi connectivity index (χ1v) is 7.34. The number of halogens is 1. The fourth-order valence-electron chi connectivity index (χ4n) is 1.70. The molecule has 0 aliphatic carbocycles. The van der Waals surface area contributed by atoms with Crippen molar-refractivity contribution in [1.82, 2.24) is 0 Å². The van der Waals surface area contributed by atoms with Gasteiger partial charge in [-0.05, 0) is 52.7 Å². The number of hydrogen-bond donors (Lipinski definition) is 3. The Morgan fingerprint density at radius 2 is 2.11 bits per heavy atom. The van der Waals surface area contributed by atoms with E-state index in [0.717, 1.165) is 22.4 Å². The summed E-state index contributed by atoms with van der Waals surface area (Å²) in [4.78, 5) is 12.5. The summed E-state index contributed by atoms with van der Waals surface area (Å²) < 4.78 is 1.13. The zero-order valence-corrected chi connectivity index (χ0v) is 12.6. The van der Waals surface area contributed by atoms with Crippen LogP contribution in [0.1, 0.15) is 15.2 Å². The largest absolute Gasteiger partial charge is 0.398 e. The minimum atomic E-state index is -0.511. The zero-order valence-electron chi connectivity index (χ0n) is 10.2. The molecule has 19 heavy (non-hydrogen) atoms. The van der Waals surface area contributed by atoms with Crippen molar-refractivity contribution in [1.29, 1.82) is 0 Å². The lowest BCUT2D eigenvalue weighted by Crippen LogP contribution is -2.14. The van der Waals surface area contributed by atoms with E-state index in [1.165, 1.54) is 4.88 Å². The normalized spacial score (nSPS) is 10.4. The van der Waals surface area contributed by atoms with Crippen molar-refractivity contribution in [3.63, 3.8) is 0 Å². The maximum Gasteiger partial charge on any atom is 0.250 e. The fraction of sp³-hybridized carbons (Fsp3) is 0.154. The van der Waals surface area contributed by atoms with Crippen LogP contribution in [0.2, 0.25) is 0 Å². The second kappa shape index (κ2) is 6.08. The van der Waals surface area contributed by atoms with Crippen molar-refractivity contribution in [2.24, 2.45) is 5.73 Å². The Bertz CT molecular complexity index is 597. The molecule has 1 aromatic carbocycles. The van der Waals surface area contributed by atoms with Gasteiger partial charge in [-0.3, -0.25) is 4.79 Å².